The molecule has 0 fully saturated rings. The van der Waals surface area contributed by atoms with E-state index in [1.165, 1.54) is 13.1 Å². The number of aromatic nitrogens is 1. The zero-order valence-electron chi connectivity index (χ0n) is 19.2. The van der Waals surface area contributed by atoms with Crippen molar-refractivity contribution in [2.24, 2.45) is 10.7 Å². The van der Waals surface area contributed by atoms with E-state index in [4.69, 9.17) is 14.0 Å². The molecule has 2 unspecified atom stereocenters. The Morgan fingerprint density at radius 2 is 1.94 bits per heavy atom. The fourth-order valence-electron chi connectivity index (χ4n) is 2.84. The monoisotopic (exact) mass is 476 g/mol. The molecule has 0 saturated heterocycles. The maximum absolute atomic E-state index is 12.4. The minimum absolute atomic E-state index is 0.0814. The number of rotatable bonds is 12. The Kier molecular flexibility index (Phi) is 10.2. The molecule has 0 aliphatic carbocycles. The SMILES string of the molecule is CCC(CC)COC(=O)C(C)/N=[P+](\[O-])Oc1ccccc1OCc1cnc(C)c(O)c1C=O. The largest absolute Gasteiger partial charge is 0.575 e. The second-order valence-electron chi connectivity index (χ2n) is 7.42. The first-order chi connectivity index (χ1) is 15.8. The zero-order valence-corrected chi connectivity index (χ0v) is 20.1. The summed E-state index contributed by atoms with van der Waals surface area (Å²) in [4.78, 5) is 39.9. The third-order valence-electron chi connectivity index (χ3n) is 5.11. The van der Waals surface area contributed by atoms with Gasteiger partial charge in [-0.05, 0) is 31.9 Å². The molecule has 2 aromatic rings. The molecular weight excluding hydrogens is 447 g/mol. The van der Waals surface area contributed by atoms with Crippen LogP contribution in [0.1, 0.15) is 55.2 Å². The van der Waals surface area contributed by atoms with E-state index in [0.717, 1.165) is 12.8 Å². The number of para-hydroxylation sites is 2. The lowest BCUT2D eigenvalue weighted by Gasteiger charge is -2.13. The van der Waals surface area contributed by atoms with Gasteiger partial charge in [0.2, 0.25) is 5.75 Å². The molecule has 10 heteroatoms. The van der Waals surface area contributed by atoms with E-state index in [1.54, 1.807) is 31.2 Å². The van der Waals surface area contributed by atoms with Crippen molar-refractivity contribution in [2.75, 3.05) is 6.61 Å². The van der Waals surface area contributed by atoms with Crippen LogP contribution in [0.15, 0.2) is 35.2 Å². The number of carbonyl (C=O) groups excluding carboxylic acids is 2. The van der Waals surface area contributed by atoms with E-state index >= 15 is 0 Å². The first-order valence-electron chi connectivity index (χ1n) is 10.7. The summed E-state index contributed by atoms with van der Waals surface area (Å²) in [5.74, 6) is -0.0940. The van der Waals surface area contributed by atoms with Gasteiger partial charge in [-0.15, -0.1) is 0 Å². The van der Waals surface area contributed by atoms with Crippen LogP contribution >= 0.6 is 8.17 Å². The Bertz CT molecular complexity index is 993. The number of carbonyl (C=O) groups is 2. The first kappa shape index (κ1) is 26.2. The van der Waals surface area contributed by atoms with Gasteiger partial charge in [0.25, 0.3) is 0 Å². The predicted octanol–water partition coefficient (Wildman–Crippen LogP) is 4.09. The molecule has 33 heavy (non-hydrogen) atoms. The van der Waals surface area contributed by atoms with Crippen molar-refractivity contribution in [1.82, 2.24) is 4.98 Å². The number of nitrogens with zero attached hydrogens (tertiary/aromatic N) is 2. The Morgan fingerprint density at radius 3 is 2.58 bits per heavy atom. The third-order valence-corrected chi connectivity index (χ3v) is 6.00. The highest BCUT2D eigenvalue weighted by Crippen LogP contribution is 2.34. The van der Waals surface area contributed by atoms with Gasteiger partial charge in [-0.1, -0.05) is 43.6 Å². The molecule has 1 heterocycles. The van der Waals surface area contributed by atoms with Crippen molar-refractivity contribution < 1.29 is 33.6 Å². The fraction of sp³-hybridized carbons (Fsp3) is 0.435. The summed E-state index contributed by atoms with van der Waals surface area (Å²) in [5, 5.41) is 10.0. The van der Waals surface area contributed by atoms with Gasteiger partial charge in [0.15, 0.2) is 18.1 Å². The lowest BCUT2D eigenvalue weighted by molar-refractivity contribution is -0.169. The zero-order chi connectivity index (χ0) is 24.4. The fourth-order valence-corrected chi connectivity index (χ4v) is 3.58. The van der Waals surface area contributed by atoms with Crippen LogP contribution in [0.2, 0.25) is 0 Å². The van der Waals surface area contributed by atoms with Crippen molar-refractivity contribution in [3.8, 4) is 17.2 Å². The average Bonchev–Trinajstić information content (AvgIpc) is 2.81. The summed E-state index contributed by atoms with van der Waals surface area (Å²) in [6, 6.07) is 5.53. The summed E-state index contributed by atoms with van der Waals surface area (Å²) in [6.45, 7) is 7.34. The lowest BCUT2D eigenvalue weighted by Crippen LogP contribution is -2.21. The predicted molar refractivity (Wildman–Crippen MR) is 121 cm³/mol. The van der Waals surface area contributed by atoms with Crippen LogP contribution < -0.4 is 14.2 Å². The van der Waals surface area contributed by atoms with E-state index < -0.39 is 20.2 Å². The quantitative estimate of drug-likeness (QED) is 0.275. The second-order valence-corrected chi connectivity index (χ2v) is 8.31. The molecule has 0 aliphatic rings. The number of hydrogen-bond acceptors (Lipinski definition) is 9. The number of benzene rings is 1. The number of aromatic hydroxyl groups is 1. The number of aryl methyl sites for hydroxylation is 1. The number of aldehydes is 1. The number of hydrogen-bond donors (Lipinski definition) is 1. The van der Waals surface area contributed by atoms with Gasteiger partial charge >= 0.3 is 14.1 Å². The molecule has 178 valence electrons. The molecular formula is C23H29N2O7P. The normalized spacial score (nSPS) is 12.4. The number of esters is 1. The molecule has 0 bridgehead atoms. The standard InChI is InChI=1S/C23H29N2O7P/c1-5-17(6-2)13-31-23(28)16(4)25-33(29)32-21-10-8-7-9-20(21)30-14-18-11-24-15(3)22(27)19(18)12-26/h7-12,16-17,27H,5-6,13-14H2,1-4H3. The van der Waals surface area contributed by atoms with E-state index in [2.05, 4.69) is 9.73 Å². The summed E-state index contributed by atoms with van der Waals surface area (Å²) >= 11 is 0. The molecule has 2 rings (SSSR count). The highest BCUT2D eigenvalue weighted by Gasteiger charge is 2.21. The minimum atomic E-state index is -2.58. The van der Waals surface area contributed by atoms with Gasteiger partial charge in [-0.2, -0.15) is 0 Å². The number of ether oxygens (including phenoxy) is 2. The molecule has 2 atom stereocenters. The molecule has 0 saturated carbocycles. The highest BCUT2D eigenvalue weighted by atomic mass is 31.1. The molecule has 9 nitrogen and oxygen atoms in total. The van der Waals surface area contributed by atoms with Crippen LogP contribution in [-0.4, -0.2) is 35.0 Å². The second kappa shape index (κ2) is 12.9. The van der Waals surface area contributed by atoms with Crippen LogP contribution in [0, 0.1) is 12.8 Å². The maximum Gasteiger partial charge on any atom is 0.395 e. The molecule has 1 aromatic heterocycles. The Morgan fingerprint density at radius 1 is 1.27 bits per heavy atom. The summed E-state index contributed by atoms with van der Waals surface area (Å²) in [5.41, 5.74) is 0.796. The van der Waals surface area contributed by atoms with Crippen LogP contribution in [0.4, 0.5) is 0 Å². The molecule has 0 amide bonds. The van der Waals surface area contributed by atoms with Gasteiger partial charge in [-0.3, -0.25) is 14.3 Å². The van der Waals surface area contributed by atoms with Gasteiger partial charge in [0.1, 0.15) is 12.4 Å². The van der Waals surface area contributed by atoms with Crippen LogP contribution in [0.25, 0.3) is 0 Å². The molecule has 0 radical (unpaired) electrons. The molecule has 1 N–H and O–H groups in total. The van der Waals surface area contributed by atoms with E-state index in [-0.39, 0.29) is 35.3 Å². The van der Waals surface area contributed by atoms with Crippen LogP contribution in [-0.2, 0) is 16.1 Å². The van der Waals surface area contributed by atoms with Crippen molar-refractivity contribution in [3.05, 3.63) is 47.3 Å². The molecule has 0 spiro atoms. The number of pyridine rings is 1. The molecule has 1 aromatic carbocycles. The van der Waals surface area contributed by atoms with Crippen molar-refractivity contribution in [2.45, 2.75) is 53.2 Å². The van der Waals surface area contributed by atoms with E-state index in [0.29, 0.717) is 24.2 Å². The van der Waals surface area contributed by atoms with Crippen molar-refractivity contribution in [1.29, 1.82) is 0 Å². The Labute approximate surface area is 194 Å². The van der Waals surface area contributed by atoms with Gasteiger partial charge < -0.3 is 19.5 Å². The van der Waals surface area contributed by atoms with E-state index in [1.807, 2.05) is 13.8 Å². The third kappa shape index (κ3) is 7.51. The Balaban J connectivity index is 2.06. The first-order valence-corrected chi connectivity index (χ1v) is 11.8. The smallest absolute Gasteiger partial charge is 0.395 e. The lowest BCUT2D eigenvalue weighted by atomic mass is 10.1. The van der Waals surface area contributed by atoms with Gasteiger partial charge in [-0.25, -0.2) is 4.79 Å². The highest BCUT2D eigenvalue weighted by molar-refractivity contribution is 7.34. The van der Waals surface area contributed by atoms with Crippen LogP contribution in [0.5, 0.6) is 17.2 Å². The van der Waals surface area contributed by atoms with E-state index in [9.17, 15) is 19.6 Å². The average molecular weight is 476 g/mol. The van der Waals surface area contributed by atoms with Gasteiger partial charge in [0.05, 0.1) is 17.9 Å². The Hall–Kier alpha value is -3.03. The van der Waals surface area contributed by atoms with Crippen LogP contribution in [0.3, 0.4) is 0 Å². The van der Waals surface area contributed by atoms with Crippen molar-refractivity contribution in [3.63, 3.8) is 0 Å². The summed E-state index contributed by atoms with van der Waals surface area (Å²) in [7, 11) is -2.58. The summed E-state index contributed by atoms with van der Waals surface area (Å²) < 4.78 is 20.2. The maximum atomic E-state index is 12.4. The molecule has 0 aliphatic heterocycles. The minimum Gasteiger partial charge on any atom is -0.575 e. The van der Waals surface area contributed by atoms with Crippen molar-refractivity contribution >= 4 is 20.4 Å². The topological polar surface area (TPSA) is 130 Å². The summed E-state index contributed by atoms with van der Waals surface area (Å²) in [6.07, 6.45) is 3.77. The van der Waals surface area contributed by atoms with Gasteiger partial charge in [0, 0.05) is 11.8 Å².